The molecule has 1 fully saturated rings. The molecule has 0 aromatic rings. The average molecular weight is 127 g/mol. The van der Waals surface area contributed by atoms with Crippen molar-refractivity contribution in [1.29, 1.82) is 0 Å². The summed E-state index contributed by atoms with van der Waals surface area (Å²) >= 11 is 0. The molecule has 9 heavy (non-hydrogen) atoms. The molecule has 3 atom stereocenters. The molecule has 0 spiro atoms. The molecule has 1 heteroatoms. The molecule has 0 aromatic heterocycles. The lowest BCUT2D eigenvalue weighted by atomic mass is 9.93. The highest BCUT2D eigenvalue weighted by molar-refractivity contribution is 4.98. The average Bonchev–Trinajstić information content (AvgIpc) is 2.44. The first-order valence-corrected chi connectivity index (χ1v) is 3.89. The Bertz CT molecular complexity index is 98.7. The highest BCUT2D eigenvalue weighted by Crippen LogP contribution is 2.25. The second kappa shape index (κ2) is 2.30. The van der Waals surface area contributed by atoms with Crippen molar-refractivity contribution in [2.75, 3.05) is 0 Å². The molecule has 1 N–H and O–H groups in total. The molecule has 0 aliphatic carbocycles. The van der Waals surface area contributed by atoms with Crippen molar-refractivity contribution >= 4 is 0 Å². The van der Waals surface area contributed by atoms with Gasteiger partial charge in [-0.3, -0.25) is 0 Å². The number of hydrogen-bond acceptors (Lipinski definition) is 1. The van der Waals surface area contributed by atoms with Crippen molar-refractivity contribution in [3.05, 3.63) is 0 Å². The van der Waals surface area contributed by atoms with Gasteiger partial charge in [0, 0.05) is 12.1 Å². The molecule has 1 unspecified atom stereocenters. The van der Waals surface area contributed by atoms with E-state index < -0.39 is 0 Å². The van der Waals surface area contributed by atoms with Crippen LogP contribution in [0.2, 0.25) is 0 Å². The van der Waals surface area contributed by atoms with Gasteiger partial charge in [-0.1, -0.05) is 20.8 Å². The van der Waals surface area contributed by atoms with E-state index in [1.807, 2.05) is 0 Å². The maximum absolute atomic E-state index is 3.41. The van der Waals surface area contributed by atoms with Gasteiger partial charge in [0.1, 0.15) is 0 Å². The predicted octanol–water partition coefficient (Wildman–Crippen LogP) is 1.64. The first-order valence-electron chi connectivity index (χ1n) is 3.89. The zero-order valence-electron chi connectivity index (χ0n) is 6.81. The molecule has 1 aliphatic heterocycles. The summed E-state index contributed by atoms with van der Waals surface area (Å²) in [6, 6.07) is 1.59. The Labute approximate surface area is 57.8 Å². The molecule has 0 bridgehead atoms. The summed E-state index contributed by atoms with van der Waals surface area (Å²) < 4.78 is 0. The summed E-state index contributed by atoms with van der Waals surface area (Å²) in [5.41, 5.74) is 0. The number of hydrogen-bond donors (Lipinski definition) is 1. The monoisotopic (exact) mass is 127 g/mol. The number of rotatable bonds is 2. The quantitative estimate of drug-likeness (QED) is 0.560. The van der Waals surface area contributed by atoms with Crippen LogP contribution >= 0.6 is 0 Å². The Morgan fingerprint density at radius 1 is 1.22 bits per heavy atom. The van der Waals surface area contributed by atoms with Crippen LogP contribution in [0.5, 0.6) is 0 Å². The maximum Gasteiger partial charge on any atom is 0.0249 e. The predicted molar refractivity (Wildman–Crippen MR) is 40.4 cm³/mol. The molecule has 54 valence electrons. The topological polar surface area (TPSA) is 21.9 Å². The molecule has 0 aromatic carbocycles. The molecule has 0 saturated carbocycles. The van der Waals surface area contributed by atoms with E-state index in [1.165, 1.54) is 0 Å². The van der Waals surface area contributed by atoms with Crippen LogP contribution in [0, 0.1) is 11.8 Å². The molecule has 1 aliphatic rings. The fourth-order valence-corrected chi connectivity index (χ4v) is 1.27. The van der Waals surface area contributed by atoms with Gasteiger partial charge in [-0.25, -0.2) is 0 Å². The van der Waals surface area contributed by atoms with Gasteiger partial charge in [-0.2, -0.15) is 0 Å². The lowest BCUT2D eigenvalue weighted by Gasteiger charge is -2.12. The van der Waals surface area contributed by atoms with Crippen LogP contribution in [0.1, 0.15) is 27.7 Å². The Balaban J connectivity index is 2.27. The van der Waals surface area contributed by atoms with Crippen LogP contribution in [-0.2, 0) is 0 Å². The minimum atomic E-state index is 0.780. The third-order valence-corrected chi connectivity index (χ3v) is 2.50. The molecule has 0 radical (unpaired) electrons. The summed E-state index contributed by atoms with van der Waals surface area (Å²) in [6.45, 7) is 9.16. The first-order chi connectivity index (χ1) is 4.13. The zero-order valence-corrected chi connectivity index (χ0v) is 6.81. The molecule has 1 nitrogen and oxygen atoms in total. The Morgan fingerprint density at radius 3 is 1.78 bits per heavy atom. The van der Waals surface area contributed by atoms with Gasteiger partial charge >= 0.3 is 0 Å². The third-order valence-electron chi connectivity index (χ3n) is 2.50. The molecule has 1 saturated heterocycles. The van der Waals surface area contributed by atoms with Gasteiger partial charge in [0.05, 0.1) is 0 Å². The smallest absolute Gasteiger partial charge is 0.0249 e. The van der Waals surface area contributed by atoms with Gasteiger partial charge in [0.15, 0.2) is 0 Å². The highest BCUT2D eigenvalue weighted by Gasteiger charge is 2.37. The largest absolute Gasteiger partial charge is 0.308 e. The molecular weight excluding hydrogens is 110 g/mol. The van der Waals surface area contributed by atoms with Crippen LogP contribution in [-0.4, -0.2) is 12.1 Å². The fraction of sp³-hybridized carbons (Fsp3) is 1.00. The SMILES string of the molecule is CC(C)[C@@H](C)[C@@H]1NC1C. The summed E-state index contributed by atoms with van der Waals surface area (Å²) in [5.74, 6) is 1.67. The van der Waals surface area contributed by atoms with Gasteiger partial charge in [-0.15, -0.1) is 0 Å². The maximum atomic E-state index is 3.41. The van der Waals surface area contributed by atoms with E-state index in [-0.39, 0.29) is 0 Å². The molecule has 0 amide bonds. The zero-order chi connectivity index (χ0) is 7.02. The van der Waals surface area contributed by atoms with Crippen molar-refractivity contribution in [2.24, 2.45) is 11.8 Å². The van der Waals surface area contributed by atoms with E-state index in [0.717, 1.165) is 23.9 Å². The van der Waals surface area contributed by atoms with Crippen molar-refractivity contribution in [3.63, 3.8) is 0 Å². The summed E-state index contributed by atoms with van der Waals surface area (Å²) in [5, 5.41) is 3.41. The Morgan fingerprint density at radius 2 is 1.67 bits per heavy atom. The van der Waals surface area contributed by atoms with Crippen molar-refractivity contribution in [2.45, 2.75) is 39.8 Å². The van der Waals surface area contributed by atoms with Crippen molar-refractivity contribution < 1.29 is 0 Å². The summed E-state index contributed by atoms with van der Waals surface area (Å²) in [6.07, 6.45) is 0. The van der Waals surface area contributed by atoms with Gasteiger partial charge in [0.25, 0.3) is 0 Å². The first kappa shape index (κ1) is 7.07. The normalized spacial score (nSPS) is 37.0. The summed E-state index contributed by atoms with van der Waals surface area (Å²) in [4.78, 5) is 0. The van der Waals surface area contributed by atoms with E-state index >= 15 is 0 Å². The number of nitrogens with one attached hydrogen (secondary N) is 1. The van der Waals surface area contributed by atoms with Crippen LogP contribution < -0.4 is 5.32 Å². The fourth-order valence-electron chi connectivity index (χ4n) is 1.27. The lowest BCUT2D eigenvalue weighted by Crippen LogP contribution is -2.13. The second-order valence-corrected chi connectivity index (χ2v) is 3.58. The van der Waals surface area contributed by atoms with Gasteiger partial charge in [0.2, 0.25) is 0 Å². The Kier molecular flexibility index (Phi) is 1.80. The third kappa shape index (κ3) is 1.45. The van der Waals surface area contributed by atoms with E-state index in [2.05, 4.69) is 33.0 Å². The summed E-state index contributed by atoms with van der Waals surface area (Å²) in [7, 11) is 0. The van der Waals surface area contributed by atoms with Gasteiger partial charge < -0.3 is 5.32 Å². The van der Waals surface area contributed by atoms with E-state index in [1.54, 1.807) is 0 Å². The van der Waals surface area contributed by atoms with Gasteiger partial charge in [-0.05, 0) is 18.8 Å². The van der Waals surface area contributed by atoms with Crippen molar-refractivity contribution in [3.8, 4) is 0 Å². The minimum Gasteiger partial charge on any atom is -0.308 e. The lowest BCUT2D eigenvalue weighted by molar-refractivity contribution is 0.406. The molecular formula is C8H17N. The Hall–Kier alpha value is -0.0400. The highest BCUT2D eigenvalue weighted by atomic mass is 15.1. The van der Waals surface area contributed by atoms with Crippen LogP contribution in [0.4, 0.5) is 0 Å². The van der Waals surface area contributed by atoms with E-state index in [9.17, 15) is 0 Å². The minimum absolute atomic E-state index is 0.780. The standard InChI is InChI=1S/C8H17N/c1-5(2)6(3)8-7(4)9-8/h5-9H,1-4H3/t6-,7?,8+/m1/s1. The second-order valence-electron chi connectivity index (χ2n) is 3.58. The van der Waals surface area contributed by atoms with Crippen LogP contribution in [0.25, 0.3) is 0 Å². The van der Waals surface area contributed by atoms with Crippen molar-refractivity contribution in [1.82, 2.24) is 5.32 Å². The molecule has 1 rings (SSSR count). The van der Waals surface area contributed by atoms with Crippen LogP contribution in [0.3, 0.4) is 0 Å². The van der Waals surface area contributed by atoms with Crippen LogP contribution in [0.15, 0.2) is 0 Å². The van der Waals surface area contributed by atoms with E-state index in [0.29, 0.717) is 0 Å². The molecule has 1 heterocycles. The van der Waals surface area contributed by atoms with E-state index in [4.69, 9.17) is 0 Å².